The van der Waals surface area contributed by atoms with Crippen molar-refractivity contribution in [3.05, 3.63) is 46.3 Å². The summed E-state index contributed by atoms with van der Waals surface area (Å²) in [6.45, 7) is 2.70. The molecule has 1 atom stereocenters. The maximum absolute atomic E-state index is 12.3. The number of nitrogens with one attached hydrogen (secondary N) is 1. The lowest BCUT2D eigenvalue weighted by molar-refractivity contribution is 0.0945. The SMILES string of the molecule is CN(Cc1ccsc1)c1ccc(C(=O)NCC[C@@H]2CCCCN2C)cn1. The first-order valence-corrected chi connectivity index (χ1v) is 10.2. The van der Waals surface area contributed by atoms with E-state index in [1.54, 1.807) is 17.5 Å². The first-order chi connectivity index (χ1) is 12.6. The minimum atomic E-state index is -0.0389. The van der Waals surface area contributed by atoms with Crippen molar-refractivity contribution in [2.24, 2.45) is 0 Å². The molecule has 3 heterocycles. The Bertz CT molecular complexity index is 686. The summed E-state index contributed by atoms with van der Waals surface area (Å²) < 4.78 is 0. The number of carbonyl (C=O) groups excluding carboxylic acids is 1. The van der Waals surface area contributed by atoms with E-state index >= 15 is 0 Å². The number of carbonyl (C=O) groups is 1. The van der Waals surface area contributed by atoms with Crippen LogP contribution in [0.2, 0.25) is 0 Å². The highest BCUT2D eigenvalue weighted by Crippen LogP contribution is 2.17. The van der Waals surface area contributed by atoms with Crippen molar-refractivity contribution in [3.63, 3.8) is 0 Å². The van der Waals surface area contributed by atoms with Crippen LogP contribution in [0.15, 0.2) is 35.2 Å². The Morgan fingerprint density at radius 3 is 2.96 bits per heavy atom. The maximum atomic E-state index is 12.3. The van der Waals surface area contributed by atoms with E-state index in [0.29, 0.717) is 18.2 Å². The lowest BCUT2D eigenvalue weighted by Crippen LogP contribution is -2.39. The highest BCUT2D eigenvalue weighted by molar-refractivity contribution is 7.07. The van der Waals surface area contributed by atoms with Gasteiger partial charge in [-0.05, 0) is 67.4 Å². The van der Waals surface area contributed by atoms with E-state index in [2.05, 4.69) is 44.0 Å². The van der Waals surface area contributed by atoms with Gasteiger partial charge in [0.05, 0.1) is 5.56 Å². The summed E-state index contributed by atoms with van der Waals surface area (Å²) in [6.07, 6.45) is 6.50. The summed E-state index contributed by atoms with van der Waals surface area (Å²) >= 11 is 1.70. The fraction of sp³-hybridized carbons (Fsp3) is 0.500. The monoisotopic (exact) mass is 372 g/mol. The average molecular weight is 373 g/mol. The molecular formula is C20H28N4OS. The molecule has 1 aliphatic rings. The molecule has 0 saturated carbocycles. The van der Waals surface area contributed by atoms with Gasteiger partial charge in [0.25, 0.3) is 5.91 Å². The molecule has 1 aliphatic heterocycles. The Hall–Kier alpha value is -1.92. The molecule has 3 rings (SSSR count). The number of hydrogen-bond acceptors (Lipinski definition) is 5. The molecule has 140 valence electrons. The minimum Gasteiger partial charge on any atom is -0.355 e. The molecule has 2 aromatic rings. The summed E-state index contributed by atoms with van der Waals surface area (Å²) in [4.78, 5) is 21.3. The van der Waals surface area contributed by atoms with Crippen LogP contribution in [0.3, 0.4) is 0 Å². The van der Waals surface area contributed by atoms with E-state index in [-0.39, 0.29) is 5.91 Å². The topological polar surface area (TPSA) is 48.5 Å². The zero-order valence-corrected chi connectivity index (χ0v) is 16.5. The number of pyridine rings is 1. The van der Waals surface area contributed by atoms with E-state index in [0.717, 1.165) is 18.8 Å². The van der Waals surface area contributed by atoms with Gasteiger partial charge in [0.15, 0.2) is 0 Å². The number of amides is 1. The van der Waals surface area contributed by atoms with E-state index in [9.17, 15) is 4.79 Å². The number of aromatic nitrogens is 1. The first kappa shape index (κ1) is 18.9. The van der Waals surface area contributed by atoms with E-state index in [1.165, 1.54) is 31.4 Å². The molecule has 1 fully saturated rings. The van der Waals surface area contributed by atoms with Crippen molar-refractivity contribution >= 4 is 23.1 Å². The summed E-state index contributed by atoms with van der Waals surface area (Å²) in [7, 11) is 4.20. The normalized spacial score (nSPS) is 17.8. The van der Waals surface area contributed by atoms with Gasteiger partial charge in [-0.15, -0.1) is 0 Å². The van der Waals surface area contributed by atoms with Crippen LogP contribution >= 0.6 is 11.3 Å². The van der Waals surface area contributed by atoms with Gasteiger partial charge in [0.1, 0.15) is 5.82 Å². The second-order valence-electron chi connectivity index (χ2n) is 7.07. The largest absolute Gasteiger partial charge is 0.355 e. The van der Waals surface area contributed by atoms with Crippen LogP contribution in [0.1, 0.15) is 41.6 Å². The molecule has 0 unspecified atom stereocenters. The highest BCUT2D eigenvalue weighted by Gasteiger charge is 2.18. The Kier molecular flexibility index (Phi) is 6.63. The van der Waals surface area contributed by atoms with Gasteiger partial charge in [0, 0.05) is 32.4 Å². The van der Waals surface area contributed by atoms with Gasteiger partial charge in [-0.25, -0.2) is 4.98 Å². The lowest BCUT2D eigenvalue weighted by Gasteiger charge is -2.32. The number of thiophene rings is 1. The van der Waals surface area contributed by atoms with Gasteiger partial charge in [-0.3, -0.25) is 4.79 Å². The predicted octanol–water partition coefficient (Wildman–Crippen LogP) is 3.38. The first-order valence-electron chi connectivity index (χ1n) is 9.30. The number of nitrogens with zero attached hydrogens (tertiary/aromatic N) is 3. The molecule has 2 aromatic heterocycles. The minimum absolute atomic E-state index is 0.0389. The second-order valence-corrected chi connectivity index (χ2v) is 7.85. The molecular weight excluding hydrogens is 344 g/mol. The van der Waals surface area contributed by atoms with Crippen LogP contribution in [-0.2, 0) is 6.54 Å². The van der Waals surface area contributed by atoms with Crippen molar-refractivity contribution in [3.8, 4) is 0 Å². The number of likely N-dealkylation sites (tertiary alicyclic amines) is 1. The quantitative estimate of drug-likeness (QED) is 0.809. The molecule has 5 nitrogen and oxygen atoms in total. The van der Waals surface area contributed by atoms with Gasteiger partial charge in [-0.1, -0.05) is 6.42 Å². The number of rotatable bonds is 7. The van der Waals surface area contributed by atoms with Crippen LogP contribution in [0.5, 0.6) is 0 Å². The Morgan fingerprint density at radius 2 is 2.27 bits per heavy atom. The number of anilines is 1. The third kappa shape index (κ3) is 5.05. The molecule has 6 heteroatoms. The fourth-order valence-corrected chi connectivity index (χ4v) is 4.11. The van der Waals surface area contributed by atoms with Crippen LogP contribution in [0, 0.1) is 0 Å². The van der Waals surface area contributed by atoms with Crippen LogP contribution in [-0.4, -0.2) is 49.0 Å². The number of piperidine rings is 1. The van der Waals surface area contributed by atoms with Crippen molar-refractivity contribution in [1.29, 1.82) is 0 Å². The maximum Gasteiger partial charge on any atom is 0.252 e. The molecule has 0 bridgehead atoms. The molecule has 1 saturated heterocycles. The van der Waals surface area contributed by atoms with Crippen molar-refractivity contribution in [1.82, 2.24) is 15.2 Å². The second kappa shape index (κ2) is 9.14. The van der Waals surface area contributed by atoms with Crippen molar-refractivity contribution < 1.29 is 4.79 Å². The summed E-state index contributed by atoms with van der Waals surface area (Å²) in [5.74, 6) is 0.833. The predicted molar refractivity (Wildman–Crippen MR) is 108 cm³/mol. The highest BCUT2D eigenvalue weighted by atomic mass is 32.1. The van der Waals surface area contributed by atoms with E-state index in [1.807, 2.05) is 19.2 Å². The standard InChI is InChI=1S/C20H28N4OS/c1-23-11-4-3-5-18(23)8-10-21-20(25)17-6-7-19(22-13-17)24(2)14-16-9-12-26-15-16/h6-7,9,12-13,15,18H,3-5,8,10-11,14H2,1-2H3,(H,21,25)/t18-/m0/s1. The molecule has 1 amide bonds. The summed E-state index contributed by atoms with van der Waals surface area (Å²) in [6, 6.07) is 6.48. The lowest BCUT2D eigenvalue weighted by atomic mass is 10.0. The van der Waals surface area contributed by atoms with Gasteiger partial charge in [0.2, 0.25) is 0 Å². The average Bonchev–Trinajstić information content (AvgIpc) is 3.16. The Balaban J connectivity index is 1.47. The molecule has 26 heavy (non-hydrogen) atoms. The van der Waals surface area contributed by atoms with Crippen LogP contribution in [0.25, 0.3) is 0 Å². The number of hydrogen-bond donors (Lipinski definition) is 1. The zero-order valence-electron chi connectivity index (χ0n) is 15.6. The summed E-state index contributed by atoms with van der Waals surface area (Å²) in [5.41, 5.74) is 1.89. The third-order valence-corrected chi connectivity index (χ3v) is 5.82. The van der Waals surface area contributed by atoms with Gasteiger partial charge < -0.3 is 15.1 Å². The van der Waals surface area contributed by atoms with Gasteiger partial charge in [-0.2, -0.15) is 11.3 Å². The van der Waals surface area contributed by atoms with Crippen LogP contribution < -0.4 is 10.2 Å². The molecule has 0 spiro atoms. The van der Waals surface area contributed by atoms with Crippen molar-refractivity contribution in [2.45, 2.75) is 38.3 Å². The molecule has 0 aliphatic carbocycles. The smallest absolute Gasteiger partial charge is 0.252 e. The van der Waals surface area contributed by atoms with Crippen LogP contribution in [0.4, 0.5) is 5.82 Å². The molecule has 1 N–H and O–H groups in total. The molecule has 0 aromatic carbocycles. The van der Waals surface area contributed by atoms with E-state index in [4.69, 9.17) is 0 Å². The van der Waals surface area contributed by atoms with Gasteiger partial charge >= 0.3 is 0 Å². The Morgan fingerprint density at radius 1 is 1.38 bits per heavy atom. The fourth-order valence-electron chi connectivity index (χ4n) is 3.45. The molecule has 0 radical (unpaired) electrons. The third-order valence-electron chi connectivity index (χ3n) is 5.09. The van der Waals surface area contributed by atoms with Crippen molar-refractivity contribution in [2.75, 3.05) is 32.1 Å². The Labute approximate surface area is 160 Å². The summed E-state index contributed by atoms with van der Waals surface area (Å²) in [5, 5.41) is 7.25. The van der Waals surface area contributed by atoms with E-state index < -0.39 is 0 Å². The zero-order chi connectivity index (χ0) is 18.4.